The van der Waals surface area contributed by atoms with Crippen molar-refractivity contribution in [3.05, 3.63) is 168 Å². The van der Waals surface area contributed by atoms with Crippen molar-refractivity contribution < 1.29 is 13.5 Å². The van der Waals surface area contributed by atoms with E-state index in [4.69, 9.17) is 9.72 Å². The molecule has 41 heavy (non-hydrogen) atoms. The molecule has 0 saturated heterocycles. The fourth-order valence-corrected chi connectivity index (χ4v) is 6.75. The minimum absolute atomic E-state index is 0.0870. The maximum absolute atomic E-state index is 15.0. The normalized spacial score (nSPS) is 13.2. The fourth-order valence-electron chi connectivity index (χ4n) is 5.56. The van der Waals surface area contributed by atoms with Crippen molar-refractivity contribution in [1.29, 1.82) is 0 Å². The third-order valence-corrected chi connectivity index (χ3v) is 8.46. The molecule has 3 nitrogen and oxygen atoms in total. The molecule has 0 N–H and O–H groups in total. The van der Waals surface area contributed by atoms with Crippen LogP contribution >= 0.6 is 11.8 Å². The number of rotatable bonds is 5. The van der Waals surface area contributed by atoms with Crippen LogP contribution in [0.25, 0.3) is 11.3 Å². The van der Waals surface area contributed by atoms with E-state index in [0.29, 0.717) is 11.4 Å². The van der Waals surface area contributed by atoms with Gasteiger partial charge in [0.2, 0.25) is 0 Å². The number of ether oxygens (including phenoxy) is 1. The minimum atomic E-state index is -0.795. The number of benzene rings is 4. The number of halogens is 2. The van der Waals surface area contributed by atoms with Gasteiger partial charge in [-0.05, 0) is 71.3 Å². The van der Waals surface area contributed by atoms with Gasteiger partial charge >= 0.3 is 0 Å². The van der Waals surface area contributed by atoms with Gasteiger partial charge < -0.3 is 4.74 Å². The van der Waals surface area contributed by atoms with Crippen LogP contribution in [0.5, 0.6) is 11.5 Å². The Bertz CT molecular complexity index is 1830. The Morgan fingerprint density at radius 1 is 0.610 bits per heavy atom. The maximum atomic E-state index is 15.0. The van der Waals surface area contributed by atoms with Gasteiger partial charge in [-0.2, -0.15) is 0 Å². The molecule has 0 unspecified atom stereocenters. The predicted octanol–water partition coefficient (Wildman–Crippen LogP) is 9.06. The molecule has 0 bridgehead atoms. The first-order valence-electron chi connectivity index (χ1n) is 13.1. The lowest BCUT2D eigenvalue weighted by atomic mass is 9.66. The SMILES string of the molecule is Fc1cc(F)c(-c2ccccn2)cc1Oc1cccc(C2(c3ccccn3)c3ccccc3Sc3ccccc32)c1. The summed E-state index contributed by atoms with van der Waals surface area (Å²) in [5.74, 6) is -1.17. The van der Waals surface area contributed by atoms with E-state index < -0.39 is 17.0 Å². The summed E-state index contributed by atoms with van der Waals surface area (Å²) in [6.07, 6.45) is 3.37. The zero-order chi connectivity index (χ0) is 27.8. The van der Waals surface area contributed by atoms with Crippen LogP contribution in [0.15, 0.2) is 144 Å². The first-order valence-corrected chi connectivity index (χ1v) is 13.9. The molecular formula is C35H22F2N2OS. The molecular weight excluding hydrogens is 534 g/mol. The average molecular weight is 557 g/mol. The van der Waals surface area contributed by atoms with Crippen molar-refractivity contribution in [2.24, 2.45) is 0 Å². The van der Waals surface area contributed by atoms with Gasteiger partial charge in [-0.3, -0.25) is 9.97 Å². The third kappa shape index (κ3) is 4.28. The van der Waals surface area contributed by atoms with Crippen LogP contribution in [0.1, 0.15) is 22.4 Å². The minimum Gasteiger partial charge on any atom is -0.454 e. The van der Waals surface area contributed by atoms with E-state index in [-0.39, 0.29) is 11.3 Å². The van der Waals surface area contributed by atoms with Gasteiger partial charge in [0.05, 0.1) is 16.8 Å². The highest BCUT2D eigenvalue weighted by Crippen LogP contribution is 2.55. The van der Waals surface area contributed by atoms with E-state index in [1.54, 1.807) is 48.4 Å². The van der Waals surface area contributed by atoms with Crippen molar-refractivity contribution in [1.82, 2.24) is 9.97 Å². The molecule has 7 rings (SSSR count). The smallest absolute Gasteiger partial charge is 0.168 e. The highest BCUT2D eigenvalue weighted by molar-refractivity contribution is 7.99. The molecule has 4 aromatic carbocycles. The summed E-state index contributed by atoms with van der Waals surface area (Å²) >= 11 is 1.73. The summed E-state index contributed by atoms with van der Waals surface area (Å²) in [7, 11) is 0. The largest absolute Gasteiger partial charge is 0.454 e. The number of hydrogen-bond donors (Lipinski definition) is 0. The standard InChI is InChI=1S/C35H22F2N2OS/c36-28-22-29(37)31(21-25(28)30-14-5-7-18-38-30)40-24-11-9-10-23(20-24)35(34-17-6-8-19-39-34)26-12-1-3-15-32(26)41-33-16-4-2-13-27(33)35/h1-22H. The molecule has 6 aromatic rings. The summed E-state index contributed by atoms with van der Waals surface area (Å²) in [6.45, 7) is 0. The maximum Gasteiger partial charge on any atom is 0.168 e. The average Bonchev–Trinajstić information content (AvgIpc) is 3.02. The molecule has 2 aromatic heterocycles. The van der Waals surface area contributed by atoms with E-state index in [1.165, 1.54) is 6.07 Å². The number of fused-ring (bicyclic) bond motifs is 2. The summed E-state index contributed by atoms with van der Waals surface area (Å²) in [4.78, 5) is 11.4. The zero-order valence-electron chi connectivity index (χ0n) is 21.7. The van der Waals surface area contributed by atoms with Crippen LogP contribution in [0.4, 0.5) is 8.78 Å². The number of aromatic nitrogens is 2. The van der Waals surface area contributed by atoms with Gasteiger partial charge in [0, 0.05) is 33.8 Å². The van der Waals surface area contributed by atoms with E-state index in [1.807, 2.05) is 60.7 Å². The first kappa shape index (κ1) is 25.2. The predicted molar refractivity (Wildman–Crippen MR) is 156 cm³/mol. The summed E-state index contributed by atoms with van der Waals surface area (Å²) in [5, 5.41) is 0. The van der Waals surface area contributed by atoms with E-state index in [0.717, 1.165) is 38.2 Å². The molecule has 0 fully saturated rings. The lowest BCUT2D eigenvalue weighted by Crippen LogP contribution is -2.34. The summed E-state index contributed by atoms with van der Waals surface area (Å²) in [6, 6.07) is 37.6. The Morgan fingerprint density at radius 3 is 1.98 bits per heavy atom. The van der Waals surface area contributed by atoms with Gasteiger partial charge in [0.1, 0.15) is 11.6 Å². The molecule has 0 saturated carbocycles. The van der Waals surface area contributed by atoms with E-state index in [9.17, 15) is 4.39 Å². The highest BCUT2D eigenvalue weighted by atomic mass is 32.2. The van der Waals surface area contributed by atoms with Gasteiger partial charge in [-0.1, -0.05) is 72.4 Å². The summed E-state index contributed by atoms with van der Waals surface area (Å²) in [5.41, 5.74) is 3.79. The van der Waals surface area contributed by atoms with Crippen molar-refractivity contribution in [3.8, 4) is 22.8 Å². The van der Waals surface area contributed by atoms with Gasteiger partial charge in [0.15, 0.2) is 11.6 Å². The Labute approximate surface area is 240 Å². The van der Waals surface area contributed by atoms with Crippen LogP contribution in [0.3, 0.4) is 0 Å². The molecule has 0 amide bonds. The third-order valence-electron chi connectivity index (χ3n) is 7.31. The Kier molecular flexibility index (Phi) is 6.33. The molecule has 0 radical (unpaired) electrons. The highest BCUT2D eigenvalue weighted by Gasteiger charge is 2.45. The van der Waals surface area contributed by atoms with Crippen LogP contribution in [0, 0.1) is 11.6 Å². The van der Waals surface area contributed by atoms with Gasteiger partial charge in [-0.25, -0.2) is 8.78 Å². The number of hydrogen-bond acceptors (Lipinski definition) is 4. The van der Waals surface area contributed by atoms with Crippen LogP contribution in [0.2, 0.25) is 0 Å². The van der Waals surface area contributed by atoms with Gasteiger partial charge in [-0.15, -0.1) is 0 Å². The number of nitrogens with zero attached hydrogens (tertiary/aromatic N) is 2. The van der Waals surface area contributed by atoms with Crippen molar-refractivity contribution in [3.63, 3.8) is 0 Å². The van der Waals surface area contributed by atoms with Gasteiger partial charge in [0.25, 0.3) is 0 Å². The molecule has 0 spiro atoms. The number of pyridine rings is 2. The zero-order valence-corrected chi connectivity index (χ0v) is 22.5. The second-order valence-electron chi connectivity index (χ2n) is 9.67. The Hall–Kier alpha value is -4.81. The lowest BCUT2D eigenvalue weighted by Gasteiger charge is -2.40. The van der Waals surface area contributed by atoms with E-state index in [2.05, 4.69) is 29.2 Å². The fraction of sp³-hybridized carbons (Fsp3) is 0.0286. The first-order chi connectivity index (χ1) is 20.1. The lowest BCUT2D eigenvalue weighted by molar-refractivity contribution is 0.437. The molecule has 3 heterocycles. The van der Waals surface area contributed by atoms with Crippen molar-refractivity contribution in [2.45, 2.75) is 15.2 Å². The van der Waals surface area contributed by atoms with Crippen LogP contribution in [-0.2, 0) is 5.41 Å². The monoisotopic (exact) mass is 556 g/mol. The van der Waals surface area contributed by atoms with Crippen molar-refractivity contribution >= 4 is 11.8 Å². The topological polar surface area (TPSA) is 35.0 Å². The Balaban J connectivity index is 1.41. The second kappa shape index (κ2) is 10.3. The quantitative estimate of drug-likeness (QED) is 0.212. The Morgan fingerprint density at radius 2 is 1.29 bits per heavy atom. The van der Waals surface area contributed by atoms with E-state index >= 15 is 4.39 Å². The van der Waals surface area contributed by atoms with Crippen LogP contribution in [-0.4, -0.2) is 9.97 Å². The molecule has 198 valence electrons. The summed E-state index contributed by atoms with van der Waals surface area (Å²) < 4.78 is 35.9. The molecule has 1 aliphatic rings. The molecule has 6 heteroatoms. The molecule has 1 aliphatic heterocycles. The molecule has 0 atom stereocenters. The van der Waals surface area contributed by atoms with Crippen LogP contribution < -0.4 is 4.74 Å². The van der Waals surface area contributed by atoms with Crippen molar-refractivity contribution in [2.75, 3.05) is 0 Å². The molecule has 0 aliphatic carbocycles. The second-order valence-corrected chi connectivity index (χ2v) is 10.8.